The van der Waals surface area contributed by atoms with Crippen molar-refractivity contribution < 1.29 is 4.79 Å². The van der Waals surface area contributed by atoms with Gasteiger partial charge in [0.05, 0.1) is 10.7 Å². The molecule has 1 aromatic heterocycles. The monoisotopic (exact) mass is 479 g/mol. The average molecular weight is 479 g/mol. The lowest BCUT2D eigenvalue weighted by atomic mass is 10.2. The van der Waals surface area contributed by atoms with E-state index >= 15 is 0 Å². The molecule has 1 aliphatic heterocycles. The van der Waals surface area contributed by atoms with Gasteiger partial charge in [0.25, 0.3) is 0 Å². The first-order valence-electron chi connectivity index (χ1n) is 8.74. The molecule has 8 heteroatoms. The number of aliphatic imine (C=N–C) groups is 1. The molecule has 142 valence electrons. The van der Waals surface area contributed by atoms with Crippen LogP contribution in [0.1, 0.15) is 44.3 Å². The second kappa shape index (κ2) is 10.9. The number of guanidine groups is 1. The summed E-state index contributed by atoms with van der Waals surface area (Å²) < 4.78 is 0. The Morgan fingerprint density at radius 2 is 1.96 bits per heavy atom. The van der Waals surface area contributed by atoms with Gasteiger partial charge in [0.2, 0.25) is 5.91 Å². The molecular weight excluding hydrogens is 449 g/mol. The summed E-state index contributed by atoms with van der Waals surface area (Å²) >= 11 is 1.73. The number of rotatable bonds is 5. The summed E-state index contributed by atoms with van der Waals surface area (Å²) in [7, 11) is 0. The van der Waals surface area contributed by atoms with E-state index in [1.54, 1.807) is 18.3 Å². The molecule has 6 nitrogen and oxygen atoms in total. The van der Waals surface area contributed by atoms with Crippen LogP contribution in [0.25, 0.3) is 0 Å². The van der Waals surface area contributed by atoms with Crippen molar-refractivity contribution in [3.8, 4) is 0 Å². The van der Waals surface area contributed by atoms with Crippen LogP contribution in [0.15, 0.2) is 10.4 Å². The van der Waals surface area contributed by atoms with E-state index in [-0.39, 0.29) is 29.9 Å². The molecule has 25 heavy (non-hydrogen) atoms. The standard InChI is InChI=1S/C17H29N5OS.HI/c1-5-18-17(22-10-8-21(9-11-22)14(4)23)19-7-6-15-12-24-16(20-15)13(2)3;/h12-13H,5-11H2,1-4H3,(H,18,19);1H. The second-order valence-corrected chi connectivity index (χ2v) is 7.20. The van der Waals surface area contributed by atoms with Crippen LogP contribution in [-0.4, -0.2) is 65.9 Å². The van der Waals surface area contributed by atoms with Crippen LogP contribution in [0, 0.1) is 0 Å². The number of aromatic nitrogens is 1. The number of halogens is 1. The maximum Gasteiger partial charge on any atom is 0.219 e. The summed E-state index contributed by atoms with van der Waals surface area (Å²) in [6, 6.07) is 0. The lowest BCUT2D eigenvalue weighted by Gasteiger charge is -2.36. The predicted molar refractivity (Wildman–Crippen MR) is 115 cm³/mol. The topological polar surface area (TPSA) is 60.8 Å². The molecule has 0 atom stereocenters. The fourth-order valence-electron chi connectivity index (χ4n) is 2.64. The summed E-state index contributed by atoms with van der Waals surface area (Å²) in [5, 5.41) is 6.70. The molecule has 0 unspecified atom stereocenters. The fourth-order valence-corrected chi connectivity index (χ4v) is 3.51. The molecule has 2 rings (SSSR count). The molecular formula is C17H30IN5OS. The lowest BCUT2D eigenvalue weighted by Crippen LogP contribution is -2.53. The van der Waals surface area contributed by atoms with Gasteiger partial charge in [0.1, 0.15) is 0 Å². The third kappa shape index (κ3) is 6.73. The molecule has 1 amide bonds. The number of amides is 1. The number of thiazole rings is 1. The number of carbonyl (C=O) groups excluding carboxylic acids is 1. The summed E-state index contributed by atoms with van der Waals surface area (Å²) in [4.78, 5) is 25.0. The third-order valence-electron chi connectivity index (χ3n) is 4.05. The zero-order chi connectivity index (χ0) is 17.5. The fraction of sp³-hybridized carbons (Fsp3) is 0.706. The number of carbonyl (C=O) groups is 1. The molecule has 1 aliphatic rings. The minimum absolute atomic E-state index is 0. The van der Waals surface area contributed by atoms with E-state index in [1.807, 2.05) is 4.90 Å². The van der Waals surface area contributed by atoms with Gasteiger partial charge in [-0.2, -0.15) is 0 Å². The van der Waals surface area contributed by atoms with Crippen molar-refractivity contribution in [2.24, 2.45) is 4.99 Å². The molecule has 0 radical (unpaired) electrons. The van der Waals surface area contributed by atoms with E-state index in [0.29, 0.717) is 5.92 Å². The van der Waals surface area contributed by atoms with Gasteiger partial charge in [0.15, 0.2) is 5.96 Å². The van der Waals surface area contributed by atoms with Crippen molar-refractivity contribution in [3.05, 3.63) is 16.1 Å². The van der Waals surface area contributed by atoms with Crippen molar-refractivity contribution in [1.82, 2.24) is 20.1 Å². The number of hydrogen-bond acceptors (Lipinski definition) is 4. The van der Waals surface area contributed by atoms with Gasteiger partial charge < -0.3 is 15.1 Å². The van der Waals surface area contributed by atoms with Gasteiger partial charge in [-0.25, -0.2) is 4.98 Å². The Morgan fingerprint density at radius 1 is 1.32 bits per heavy atom. The Bertz CT molecular complexity index is 567. The Kier molecular flexibility index (Phi) is 9.70. The molecule has 2 heterocycles. The zero-order valence-corrected chi connectivity index (χ0v) is 18.8. The van der Waals surface area contributed by atoms with Gasteiger partial charge in [-0.05, 0) is 6.92 Å². The highest BCUT2D eigenvalue weighted by Crippen LogP contribution is 2.19. The van der Waals surface area contributed by atoms with Crippen LogP contribution in [0.5, 0.6) is 0 Å². The van der Waals surface area contributed by atoms with E-state index in [4.69, 9.17) is 4.99 Å². The molecule has 1 aromatic rings. The molecule has 0 bridgehead atoms. The summed E-state index contributed by atoms with van der Waals surface area (Å²) in [5.74, 6) is 1.59. The maximum absolute atomic E-state index is 11.4. The van der Waals surface area contributed by atoms with E-state index in [1.165, 1.54) is 5.01 Å². The SMILES string of the molecule is CCNC(=NCCc1csc(C(C)C)n1)N1CCN(C(C)=O)CC1.I. The van der Waals surface area contributed by atoms with E-state index in [2.05, 4.69) is 41.4 Å². The van der Waals surface area contributed by atoms with Crippen LogP contribution in [0.3, 0.4) is 0 Å². The summed E-state index contributed by atoms with van der Waals surface area (Å²) in [5.41, 5.74) is 1.13. The number of nitrogens with zero attached hydrogens (tertiary/aromatic N) is 4. The maximum atomic E-state index is 11.4. The molecule has 1 N–H and O–H groups in total. The Hall–Kier alpha value is -0.900. The van der Waals surface area contributed by atoms with Crippen molar-refractivity contribution in [2.45, 2.75) is 40.0 Å². The summed E-state index contributed by atoms with van der Waals surface area (Å²) in [6.07, 6.45) is 0.867. The largest absolute Gasteiger partial charge is 0.357 e. The minimum Gasteiger partial charge on any atom is -0.357 e. The Labute approximate surface area is 172 Å². The normalized spacial score (nSPS) is 15.3. The van der Waals surface area contributed by atoms with Crippen molar-refractivity contribution in [3.63, 3.8) is 0 Å². The van der Waals surface area contributed by atoms with Crippen molar-refractivity contribution in [1.29, 1.82) is 0 Å². The molecule has 0 aliphatic carbocycles. The number of piperazine rings is 1. The predicted octanol–water partition coefficient (Wildman–Crippen LogP) is 2.56. The highest BCUT2D eigenvalue weighted by atomic mass is 127. The van der Waals surface area contributed by atoms with Gasteiger partial charge >= 0.3 is 0 Å². The summed E-state index contributed by atoms with van der Waals surface area (Å²) in [6.45, 7) is 12.8. The quantitative estimate of drug-likeness (QED) is 0.401. The Balaban J connectivity index is 0.00000312. The first-order chi connectivity index (χ1) is 11.5. The minimum atomic E-state index is 0. The first-order valence-corrected chi connectivity index (χ1v) is 9.62. The van der Waals surface area contributed by atoms with Crippen molar-refractivity contribution in [2.75, 3.05) is 39.3 Å². The highest BCUT2D eigenvalue weighted by Gasteiger charge is 2.20. The van der Waals surface area contributed by atoms with Crippen LogP contribution in [0.2, 0.25) is 0 Å². The van der Waals surface area contributed by atoms with Crippen LogP contribution in [-0.2, 0) is 11.2 Å². The van der Waals surface area contributed by atoms with Crippen LogP contribution < -0.4 is 5.32 Å². The highest BCUT2D eigenvalue weighted by molar-refractivity contribution is 14.0. The molecule has 0 saturated carbocycles. The first kappa shape index (κ1) is 22.1. The van der Waals surface area contributed by atoms with Gasteiger partial charge in [-0.15, -0.1) is 35.3 Å². The number of nitrogens with one attached hydrogen (secondary N) is 1. The van der Waals surface area contributed by atoms with Gasteiger partial charge in [0, 0.05) is 63.9 Å². The average Bonchev–Trinajstić information content (AvgIpc) is 3.03. The number of hydrogen-bond donors (Lipinski definition) is 1. The molecule has 0 aromatic carbocycles. The molecule has 0 spiro atoms. The third-order valence-corrected chi connectivity index (χ3v) is 5.25. The van der Waals surface area contributed by atoms with Crippen LogP contribution >= 0.6 is 35.3 Å². The van der Waals surface area contributed by atoms with E-state index < -0.39 is 0 Å². The molecule has 1 saturated heterocycles. The van der Waals surface area contributed by atoms with Gasteiger partial charge in [-0.1, -0.05) is 13.8 Å². The smallest absolute Gasteiger partial charge is 0.219 e. The van der Waals surface area contributed by atoms with Gasteiger partial charge in [-0.3, -0.25) is 9.79 Å². The van der Waals surface area contributed by atoms with E-state index in [9.17, 15) is 4.79 Å². The Morgan fingerprint density at radius 3 is 2.48 bits per heavy atom. The van der Waals surface area contributed by atoms with Crippen molar-refractivity contribution >= 4 is 47.2 Å². The van der Waals surface area contributed by atoms with E-state index in [0.717, 1.165) is 57.3 Å². The van der Waals surface area contributed by atoms with Crippen LogP contribution in [0.4, 0.5) is 0 Å². The lowest BCUT2D eigenvalue weighted by molar-refractivity contribution is -0.130. The second-order valence-electron chi connectivity index (χ2n) is 6.31. The molecule has 1 fully saturated rings. The zero-order valence-electron chi connectivity index (χ0n) is 15.6.